The molecule has 33 heavy (non-hydrogen) atoms. The van der Waals surface area contributed by atoms with Gasteiger partial charge in [-0.3, -0.25) is 14.2 Å². The van der Waals surface area contributed by atoms with Gasteiger partial charge in [0.1, 0.15) is 0 Å². The Bertz CT molecular complexity index is 1280. The molecule has 1 aliphatic heterocycles. The third-order valence-corrected chi connectivity index (χ3v) is 6.12. The van der Waals surface area contributed by atoms with E-state index in [1.165, 1.54) is 4.57 Å². The number of amides is 1. The smallest absolute Gasteiger partial charge is 0.261 e. The molecule has 0 N–H and O–H groups in total. The van der Waals surface area contributed by atoms with Crippen molar-refractivity contribution < 1.29 is 4.79 Å². The van der Waals surface area contributed by atoms with Gasteiger partial charge in [-0.2, -0.15) is 0 Å². The van der Waals surface area contributed by atoms with E-state index in [1.54, 1.807) is 41.3 Å². The van der Waals surface area contributed by atoms with Crippen LogP contribution in [-0.2, 0) is 19.5 Å². The van der Waals surface area contributed by atoms with Crippen molar-refractivity contribution in [1.82, 2.24) is 14.5 Å². The molecule has 2 heterocycles. The zero-order valence-corrected chi connectivity index (χ0v) is 19.6. The average molecular weight is 481 g/mol. The van der Waals surface area contributed by atoms with E-state index in [0.717, 1.165) is 5.69 Å². The van der Waals surface area contributed by atoms with Gasteiger partial charge in [-0.15, -0.1) is 6.42 Å². The van der Waals surface area contributed by atoms with Crippen LogP contribution in [0.3, 0.4) is 0 Å². The van der Waals surface area contributed by atoms with Gasteiger partial charge in [0.25, 0.3) is 11.5 Å². The Morgan fingerprint density at radius 3 is 2.36 bits per heavy atom. The Morgan fingerprint density at radius 2 is 1.76 bits per heavy atom. The third-order valence-electron chi connectivity index (χ3n) is 5.62. The van der Waals surface area contributed by atoms with Crippen LogP contribution in [0.15, 0.2) is 53.3 Å². The van der Waals surface area contributed by atoms with Crippen molar-refractivity contribution in [2.45, 2.75) is 26.4 Å². The van der Waals surface area contributed by atoms with Crippen molar-refractivity contribution in [1.29, 1.82) is 0 Å². The van der Waals surface area contributed by atoms with Crippen LogP contribution in [0.2, 0.25) is 10.0 Å². The molecule has 0 fully saturated rings. The largest absolute Gasteiger partial charge is 0.334 e. The van der Waals surface area contributed by atoms with Gasteiger partial charge in [0.15, 0.2) is 0 Å². The highest BCUT2D eigenvalue weighted by molar-refractivity contribution is 6.31. The summed E-state index contributed by atoms with van der Waals surface area (Å²) < 4.78 is 1.49. The molecule has 4 rings (SSSR count). The van der Waals surface area contributed by atoms with Crippen molar-refractivity contribution in [3.63, 3.8) is 0 Å². The van der Waals surface area contributed by atoms with Gasteiger partial charge in [0.05, 0.1) is 24.3 Å². The molecule has 8 heteroatoms. The van der Waals surface area contributed by atoms with E-state index >= 15 is 0 Å². The summed E-state index contributed by atoms with van der Waals surface area (Å²) in [6.45, 7) is 3.28. The predicted molar refractivity (Wildman–Crippen MR) is 131 cm³/mol. The maximum atomic E-state index is 13.5. The fraction of sp³-hybridized carbons (Fsp3) is 0.240. The number of rotatable bonds is 5. The first kappa shape index (κ1) is 22.9. The quantitative estimate of drug-likeness (QED) is 0.503. The molecule has 0 bridgehead atoms. The van der Waals surface area contributed by atoms with Crippen LogP contribution in [0, 0.1) is 12.3 Å². The first-order chi connectivity index (χ1) is 15.9. The summed E-state index contributed by atoms with van der Waals surface area (Å²) in [4.78, 5) is 34.9. The van der Waals surface area contributed by atoms with Gasteiger partial charge in [0.2, 0.25) is 5.95 Å². The van der Waals surface area contributed by atoms with Gasteiger partial charge >= 0.3 is 0 Å². The normalized spacial score (nSPS) is 12.7. The maximum Gasteiger partial charge on any atom is 0.261 e. The topological polar surface area (TPSA) is 58.4 Å². The number of terminal acetylenes is 1. The molecule has 6 nitrogen and oxygen atoms in total. The molecule has 1 aromatic heterocycles. The Labute approximate surface area is 202 Å². The maximum absolute atomic E-state index is 13.5. The second-order valence-corrected chi connectivity index (χ2v) is 8.51. The number of anilines is 2. The number of carbonyl (C=O) groups excluding carboxylic acids is 1. The lowest BCUT2D eigenvalue weighted by Gasteiger charge is -2.31. The van der Waals surface area contributed by atoms with E-state index in [1.807, 2.05) is 24.0 Å². The molecule has 0 aliphatic carbocycles. The predicted octanol–water partition coefficient (Wildman–Crippen LogP) is 4.54. The van der Waals surface area contributed by atoms with Crippen molar-refractivity contribution in [2.75, 3.05) is 18.0 Å². The number of benzene rings is 2. The number of nitrogens with zero attached hydrogens (tertiary/aromatic N) is 4. The zero-order valence-electron chi connectivity index (χ0n) is 18.1. The molecule has 3 aromatic rings. The van der Waals surface area contributed by atoms with E-state index in [9.17, 15) is 9.59 Å². The van der Waals surface area contributed by atoms with Crippen LogP contribution < -0.4 is 10.5 Å². The summed E-state index contributed by atoms with van der Waals surface area (Å²) in [5, 5.41) is 1.19. The molecule has 0 atom stereocenters. The highest BCUT2D eigenvalue weighted by Crippen LogP contribution is 2.27. The molecule has 1 aliphatic rings. The van der Waals surface area contributed by atoms with E-state index in [4.69, 9.17) is 34.6 Å². The third kappa shape index (κ3) is 4.61. The van der Waals surface area contributed by atoms with E-state index in [0.29, 0.717) is 52.3 Å². The lowest BCUT2D eigenvalue weighted by atomic mass is 10.1. The molecule has 0 unspecified atom stereocenters. The fourth-order valence-electron chi connectivity index (χ4n) is 3.95. The second kappa shape index (κ2) is 9.70. The van der Waals surface area contributed by atoms with Crippen LogP contribution >= 0.6 is 23.2 Å². The van der Waals surface area contributed by atoms with Gasteiger partial charge < -0.3 is 9.80 Å². The summed E-state index contributed by atoms with van der Waals surface area (Å²) in [6, 6.07) is 14.1. The minimum atomic E-state index is -0.228. The zero-order chi connectivity index (χ0) is 23.5. The standard InChI is InChI=1S/C25H22Cl2N4O2/c1-3-14-31-24(33)21-16-29(23(32)17-5-7-18(26)8-6-17)15-13-22(21)28-25(31)30(4-2)20-11-9-19(27)10-12-20/h1,5-12H,4,13-16H2,2H3. The SMILES string of the molecule is C#CCn1c(N(CC)c2ccc(Cl)cc2)nc2c(c1=O)CN(C(=O)c1ccc(Cl)cc1)CC2. The van der Waals surface area contributed by atoms with Crippen molar-refractivity contribution >= 4 is 40.7 Å². The van der Waals surface area contributed by atoms with Gasteiger partial charge in [-0.25, -0.2) is 4.98 Å². The van der Waals surface area contributed by atoms with Crippen molar-refractivity contribution in [3.05, 3.63) is 85.8 Å². The summed E-state index contributed by atoms with van der Waals surface area (Å²) in [5.41, 5.74) is 2.34. The van der Waals surface area contributed by atoms with Crippen molar-refractivity contribution in [3.8, 4) is 12.3 Å². The van der Waals surface area contributed by atoms with Gasteiger partial charge in [-0.1, -0.05) is 29.1 Å². The molecule has 0 spiro atoms. The fourth-order valence-corrected chi connectivity index (χ4v) is 4.20. The summed E-state index contributed by atoms with van der Waals surface area (Å²) in [7, 11) is 0. The Hall–Kier alpha value is -3.27. The number of aromatic nitrogens is 2. The lowest BCUT2D eigenvalue weighted by molar-refractivity contribution is 0.0732. The number of halogens is 2. The van der Waals surface area contributed by atoms with Gasteiger partial charge in [-0.05, 0) is 55.5 Å². The van der Waals surface area contributed by atoms with Crippen molar-refractivity contribution in [2.24, 2.45) is 0 Å². The molecule has 2 aromatic carbocycles. The minimum absolute atomic E-state index is 0.0731. The highest BCUT2D eigenvalue weighted by Gasteiger charge is 2.28. The molecule has 0 saturated heterocycles. The molecule has 168 valence electrons. The molecular formula is C25H22Cl2N4O2. The number of hydrogen-bond acceptors (Lipinski definition) is 4. The molecule has 0 saturated carbocycles. The Morgan fingerprint density at radius 1 is 1.12 bits per heavy atom. The number of carbonyl (C=O) groups is 1. The monoisotopic (exact) mass is 480 g/mol. The number of hydrogen-bond donors (Lipinski definition) is 0. The Balaban J connectivity index is 1.72. The molecule has 0 radical (unpaired) electrons. The van der Waals surface area contributed by atoms with E-state index in [2.05, 4.69) is 5.92 Å². The van der Waals surface area contributed by atoms with Crippen LogP contribution in [-0.4, -0.2) is 33.4 Å². The Kier molecular flexibility index (Phi) is 6.73. The van der Waals surface area contributed by atoms with Crippen LogP contribution in [0.25, 0.3) is 0 Å². The first-order valence-electron chi connectivity index (χ1n) is 10.6. The van der Waals surface area contributed by atoms with E-state index < -0.39 is 0 Å². The highest BCUT2D eigenvalue weighted by atomic mass is 35.5. The average Bonchev–Trinajstić information content (AvgIpc) is 2.83. The molecule has 1 amide bonds. The number of fused-ring (bicyclic) bond motifs is 1. The van der Waals surface area contributed by atoms with Crippen LogP contribution in [0.4, 0.5) is 11.6 Å². The molecular weight excluding hydrogens is 459 g/mol. The summed E-state index contributed by atoms with van der Waals surface area (Å²) in [5.74, 6) is 2.89. The lowest BCUT2D eigenvalue weighted by Crippen LogP contribution is -2.42. The first-order valence-corrected chi connectivity index (χ1v) is 11.3. The summed E-state index contributed by atoms with van der Waals surface area (Å²) in [6.07, 6.45) is 6.07. The second-order valence-electron chi connectivity index (χ2n) is 7.64. The summed E-state index contributed by atoms with van der Waals surface area (Å²) >= 11 is 12.0. The minimum Gasteiger partial charge on any atom is -0.334 e. The van der Waals surface area contributed by atoms with E-state index in [-0.39, 0.29) is 24.6 Å². The van der Waals surface area contributed by atoms with Crippen LogP contribution in [0.5, 0.6) is 0 Å². The van der Waals surface area contributed by atoms with Crippen LogP contribution in [0.1, 0.15) is 28.5 Å². The van der Waals surface area contributed by atoms with Gasteiger partial charge in [0, 0.05) is 40.8 Å².